The van der Waals surface area contributed by atoms with Gasteiger partial charge in [-0.05, 0) is 75.3 Å². The fraction of sp³-hybridized carbons (Fsp3) is 0.500. The van der Waals surface area contributed by atoms with E-state index in [9.17, 15) is 18.8 Å². The Morgan fingerprint density at radius 2 is 1.68 bits per heavy atom. The molecule has 8 heteroatoms. The summed E-state index contributed by atoms with van der Waals surface area (Å²) in [7, 11) is 0. The molecule has 2 aromatic rings. The number of hydrogen-bond acceptors (Lipinski definition) is 3. The van der Waals surface area contributed by atoms with Gasteiger partial charge >= 0.3 is 0 Å². The molecule has 1 aliphatic heterocycles. The molecule has 0 radical (unpaired) electrons. The maximum atomic E-state index is 13.5. The molecule has 2 aliphatic rings. The number of aryl methyl sites for hydroxylation is 1. The maximum absolute atomic E-state index is 13.5. The molecule has 0 bridgehead atoms. The molecule has 1 heterocycles. The minimum atomic E-state index is -0.365. The van der Waals surface area contributed by atoms with Gasteiger partial charge in [-0.15, -0.1) is 11.6 Å². The molecule has 38 heavy (non-hydrogen) atoms. The number of carbonyl (C=O) groups excluding carboxylic acids is 3. The van der Waals surface area contributed by atoms with Gasteiger partial charge in [0.05, 0.1) is 0 Å². The first-order chi connectivity index (χ1) is 18.3. The van der Waals surface area contributed by atoms with Crippen LogP contribution < -0.4 is 5.32 Å². The monoisotopic (exact) mass is 541 g/mol. The van der Waals surface area contributed by atoms with Gasteiger partial charge in [-0.3, -0.25) is 14.4 Å². The zero-order valence-corrected chi connectivity index (χ0v) is 22.8. The number of likely N-dealkylation sites (tertiary alicyclic amines) is 1. The van der Waals surface area contributed by atoms with Crippen LogP contribution in [0.2, 0.25) is 0 Å². The number of hydrogen-bond donors (Lipinski definition) is 1. The Kier molecular flexibility index (Phi) is 9.78. The zero-order valence-electron chi connectivity index (χ0n) is 22.0. The largest absolute Gasteiger partial charge is 0.353 e. The van der Waals surface area contributed by atoms with Crippen molar-refractivity contribution in [2.75, 3.05) is 19.0 Å². The van der Waals surface area contributed by atoms with E-state index in [0.717, 1.165) is 36.8 Å². The fourth-order valence-electron chi connectivity index (χ4n) is 5.61. The number of halogens is 2. The van der Waals surface area contributed by atoms with E-state index in [1.54, 1.807) is 17.0 Å². The summed E-state index contributed by atoms with van der Waals surface area (Å²) in [5.41, 5.74) is 2.68. The van der Waals surface area contributed by atoms with Gasteiger partial charge in [-0.1, -0.05) is 29.8 Å². The highest BCUT2D eigenvalue weighted by atomic mass is 35.5. The zero-order chi connectivity index (χ0) is 27.1. The van der Waals surface area contributed by atoms with Crippen LogP contribution in [0.15, 0.2) is 48.5 Å². The molecule has 0 atom stereocenters. The third-order valence-corrected chi connectivity index (χ3v) is 7.99. The third kappa shape index (κ3) is 7.34. The van der Waals surface area contributed by atoms with Crippen molar-refractivity contribution in [1.82, 2.24) is 15.1 Å². The van der Waals surface area contributed by atoms with Crippen molar-refractivity contribution in [1.29, 1.82) is 0 Å². The van der Waals surface area contributed by atoms with Gasteiger partial charge < -0.3 is 15.1 Å². The molecule has 1 saturated carbocycles. The van der Waals surface area contributed by atoms with Gasteiger partial charge in [-0.2, -0.15) is 0 Å². The lowest BCUT2D eigenvalue weighted by Crippen LogP contribution is -2.48. The van der Waals surface area contributed by atoms with Crippen molar-refractivity contribution in [3.8, 4) is 0 Å². The molecule has 2 aromatic carbocycles. The van der Waals surface area contributed by atoms with Crippen LogP contribution >= 0.6 is 11.6 Å². The summed E-state index contributed by atoms with van der Waals surface area (Å²) in [4.78, 5) is 42.2. The normalized spacial score (nSPS) is 20.1. The summed E-state index contributed by atoms with van der Waals surface area (Å²) >= 11 is 5.69. The van der Waals surface area contributed by atoms with E-state index in [4.69, 9.17) is 11.6 Å². The minimum absolute atomic E-state index is 0.0393. The highest BCUT2D eigenvalue weighted by Gasteiger charge is 2.32. The van der Waals surface area contributed by atoms with Crippen molar-refractivity contribution in [3.05, 3.63) is 71.0 Å². The summed E-state index contributed by atoms with van der Waals surface area (Å²) in [6.45, 7) is 3.71. The third-order valence-electron chi connectivity index (χ3n) is 7.80. The number of carbonyl (C=O) groups is 3. The Balaban J connectivity index is 1.34. The van der Waals surface area contributed by atoms with Crippen LogP contribution in [-0.4, -0.2) is 58.6 Å². The van der Waals surface area contributed by atoms with E-state index in [0.29, 0.717) is 50.3 Å². The molecule has 1 N–H and O–H groups in total. The van der Waals surface area contributed by atoms with Crippen LogP contribution in [0.3, 0.4) is 0 Å². The van der Waals surface area contributed by atoms with Gasteiger partial charge in [0.25, 0.3) is 5.91 Å². The van der Waals surface area contributed by atoms with E-state index in [-0.39, 0.29) is 41.5 Å². The van der Waals surface area contributed by atoms with E-state index in [1.807, 2.05) is 30.0 Å². The first-order valence-corrected chi connectivity index (χ1v) is 14.1. The second-order valence-corrected chi connectivity index (χ2v) is 10.9. The molecule has 1 aliphatic carbocycles. The first kappa shape index (κ1) is 28.1. The molecular formula is C30H37ClFN3O3. The summed E-state index contributed by atoms with van der Waals surface area (Å²) in [5.74, 6) is -0.102. The van der Waals surface area contributed by atoms with Gasteiger partial charge in [0.2, 0.25) is 11.8 Å². The SMILES string of the molecule is Cc1cccc(CN(C(=O)c2ccc(F)cc2)C2CCC(NC(=O)C3CCN(C(=O)CCCl)CC3)CC2)c1. The molecule has 1 saturated heterocycles. The highest BCUT2D eigenvalue weighted by Crippen LogP contribution is 2.28. The van der Waals surface area contributed by atoms with Crippen LogP contribution in [0.25, 0.3) is 0 Å². The van der Waals surface area contributed by atoms with E-state index in [2.05, 4.69) is 11.4 Å². The summed E-state index contributed by atoms with van der Waals surface area (Å²) in [5, 5.41) is 3.23. The Bertz CT molecular complexity index is 1110. The second kappa shape index (κ2) is 13.2. The average molecular weight is 542 g/mol. The van der Waals surface area contributed by atoms with Crippen LogP contribution in [0.1, 0.15) is 66.4 Å². The summed E-state index contributed by atoms with van der Waals surface area (Å²) in [6.07, 6.45) is 4.85. The Morgan fingerprint density at radius 3 is 2.32 bits per heavy atom. The van der Waals surface area contributed by atoms with Gasteiger partial charge in [-0.25, -0.2) is 4.39 Å². The smallest absolute Gasteiger partial charge is 0.254 e. The molecular weight excluding hydrogens is 505 g/mol. The minimum Gasteiger partial charge on any atom is -0.353 e. The van der Waals surface area contributed by atoms with Gasteiger partial charge in [0, 0.05) is 55.5 Å². The van der Waals surface area contributed by atoms with Crippen LogP contribution in [0.4, 0.5) is 4.39 Å². The molecule has 0 unspecified atom stereocenters. The maximum Gasteiger partial charge on any atom is 0.254 e. The standard InChI is InChI=1S/C30H37ClFN3O3/c1-21-3-2-4-22(19-21)20-35(30(38)24-5-7-25(32)8-6-24)27-11-9-26(10-12-27)33-29(37)23-14-17-34(18-15-23)28(36)13-16-31/h2-8,19,23,26-27H,9-18,20H2,1H3,(H,33,37). The van der Waals surface area contributed by atoms with Crippen LogP contribution in [0, 0.1) is 18.7 Å². The average Bonchev–Trinajstić information content (AvgIpc) is 2.92. The highest BCUT2D eigenvalue weighted by molar-refractivity contribution is 6.18. The lowest BCUT2D eigenvalue weighted by Gasteiger charge is -2.38. The van der Waals surface area contributed by atoms with E-state index < -0.39 is 0 Å². The Hall–Kier alpha value is -2.93. The number of rotatable bonds is 8. The lowest BCUT2D eigenvalue weighted by molar-refractivity contribution is -0.135. The van der Waals surface area contributed by atoms with Gasteiger partial charge in [0.15, 0.2) is 0 Å². The predicted molar refractivity (Wildman–Crippen MR) is 146 cm³/mol. The van der Waals surface area contributed by atoms with E-state index in [1.165, 1.54) is 12.1 Å². The van der Waals surface area contributed by atoms with Crippen molar-refractivity contribution >= 4 is 29.3 Å². The quantitative estimate of drug-likeness (QED) is 0.474. The van der Waals surface area contributed by atoms with E-state index >= 15 is 0 Å². The first-order valence-electron chi connectivity index (χ1n) is 13.6. The summed E-state index contributed by atoms with van der Waals surface area (Å²) < 4.78 is 13.5. The second-order valence-electron chi connectivity index (χ2n) is 10.5. The molecule has 4 rings (SSSR count). The molecule has 6 nitrogen and oxygen atoms in total. The molecule has 204 valence electrons. The Morgan fingerprint density at radius 1 is 1.00 bits per heavy atom. The van der Waals surface area contributed by atoms with Crippen LogP contribution in [-0.2, 0) is 16.1 Å². The molecule has 2 fully saturated rings. The molecule has 3 amide bonds. The predicted octanol–water partition coefficient (Wildman–Crippen LogP) is 5.07. The topological polar surface area (TPSA) is 69.7 Å². The Labute approximate surface area is 229 Å². The molecule has 0 aromatic heterocycles. The number of benzene rings is 2. The lowest BCUT2D eigenvalue weighted by atomic mass is 9.88. The number of alkyl halides is 1. The van der Waals surface area contributed by atoms with Gasteiger partial charge in [0.1, 0.15) is 5.82 Å². The fourth-order valence-corrected chi connectivity index (χ4v) is 5.77. The summed E-state index contributed by atoms with van der Waals surface area (Å²) in [6, 6.07) is 14.0. The van der Waals surface area contributed by atoms with Crippen molar-refractivity contribution in [2.45, 2.75) is 70.5 Å². The molecule has 0 spiro atoms. The van der Waals surface area contributed by atoms with Crippen molar-refractivity contribution < 1.29 is 18.8 Å². The number of nitrogens with zero attached hydrogens (tertiary/aromatic N) is 2. The van der Waals surface area contributed by atoms with Crippen molar-refractivity contribution in [2.24, 2.45) is 5.92 Å². The number of nitrogens with one attached hydrogen (secondary N) is 1. The number of amides is 3. The van der Waals surface area contributed by atoms with Crippen LogP contribution in [0.5, 0.6) is 0 Å². The van der Waals surface area contributed by atoms with Crippen molar-refractivity contribution in [3.63, 3.8) is 0 Å². The number of piperidine rings is 1.